The van der Waals surface area contributed by atoms with E-state index in [2.05, 4.69) is 18.3 Å². The molecule has 4 nitrogen and oxygen atoms in total. The summed E-state index contributed by atoms with van der Waals surface area (Å²) in [5, 5.41) is 3.38. The molecule has 0 heterocycles. The van der Waals surface area contributed by atoms with E-state index in [0.29, 0.717) is 11.4 Å². The van der Waals surface area contributed by atoms with E-state index >= 15 is 0 Å². The summed E-state index contributed by atoms with van der Waals surface area (Å²) >= 11 is 0. The zero-order chi connectivity index (χ0) is 16.2. The number of rotatable bonds is 6. The number of benzene rings is 2. The van der Waals surface area contributed by atoms with Crippen molar-refractivity contribution in [3.05, 3.63) is 59.7 Å². The molecular weight excluding hydrogens is 296 g/mol. The van der Waals surface area contributed by atoms with E-state index in [1.54, 1.807) is 18.2 Å². The fraction of sp³-hybridized carbons (Fsp3) is 0.294. The Balaban J connectivity index is 2.18. The molecule has 0 radical (unpaired) electrons. The van der Waals surface area contributed by atoms with Crippen LogP contribution >= 0.6 is 0 Å². The molecule has 0 saturated carbocycles. The number of nitrogens with one attached hydrogen (secondary N) is 1. The maximum absolute atomic E-state index is 12.2. The van der Waals surface area contributed by atoms with Crippen LogP contribution in [0.25, 0.3) is 0 Å². The van der Waals surface area contributed by atoms with Crippen LogP contribution < -0.4 is 5.32 Å². The molecule has 118 valence electrons. The molecule has 0 atom stereocenters. The number of sulfonamides is 1. The van der Waals surface area contributed by atoms with Crippen molar-refractivity contribution in [3.63, 3.8) is 0 Å². The van der Waals surface area contributed by atoms with Crippen molar-refractivity contribution < 1.29 is 8.42 Å². The summed E-state index contributed by atoms with van der Waals surface area (Å²) in [5.41, 5.74) is 3.28. The molecule has 0 aromatic heterocycles. The second kappa shape index (κ2) is 6.94. The molecule has 0 unspecified atom stereocenters. The molecule has 0 aliphatic rings. The minimum atomic E-state index is -3.39. The third-order valence-corrected chi connectivity index (χ3v) is 5.37. The summed E-state index contributed by atoms with van der Waals surface area (Å²) in [4.78, 5) is 0.320. The first-order valence-corrected chi connectivity index (χ1v) is 8.72. The van der Waals surface area contributed by atoms with Gasteiger partial charge < -0.3 is 5.32 Å². The van der Waals surface area contributed by atoms with E-state index in [-0.39, 0.29) is 0 Å². The van der Waals surface area contributed by atoms with Gasteiger partial charge in [-0.15, -0.1) is 0 Å². The van der Waals surface area contributed by atoms with Gasteiger partial charge in [-0.1, -0.05) is 37.3 Å². The zero-order valence-electron chi connectivity index (χ0n) is 13.2. The van der Waals surface area contributed by atoms with Crippen LogP contribution in [0, 0.1) is 0 Å². The van der Waals surface area contributed by atoms with Crippen molar-refractivity contribution >= 4 is 15.7 Å². The Labute approximate surface area is 132 Å². The van der Waals surface area contributed by atoms with Crippen LogP contribution in [-0.2, 0) is 23.0 Å². The van der Waals surface area contributed by atoms with Gasteiger partial charge in [-0.3, -0.25) is 0 Å². The number of hydrogen-bond acceptors (Lipinski definition) is 3. The summed E-state index contributed by atoms with van der Waals surface area (Å²) in [6.07, 6.45) is 0.957. The van der Waals surface area contributed by atoms with Crippen molar-refractivity contribution in [3.8, 4) is 0 Å². The van der Waals surface area contributed by atoms with Crippen LogP contribution in [-0.4, -0.2) is 26.8 Å². The van der Waals surface area contributed by atoms with Gasteiger partial charge in [0, 0.05) is 26.3 Å². The number of para-hydroxylation sites is 1. The van der Waals surface area contributed by atoms with Gasteiger partial charge >= 0.3 is 0 Å². The predicted molar refractivity (Wildman–Crippen MR) is 90.5 cm³/mol. The second-order valence-electron chi connectivity index (χ2n) is 5.30. The third kappa shape index (κ3) is 3.67. The lowest BCUT2D eigenvalue weighted by Crippen LogP contribution is -2.22. The van der Waals surface area contributed by atoms with Crippen molar-refractivity contribution in [2.24, 2.45) is 0 Å². The predicted octanol–water partition coefficient (Wildman–Crippen LogP) is 3.11. The van der Waals surface area contributed by atoms with Crippen molar-refractivity contribution in [2.45, 2.75) is 24.8 Å². The molecule has 0 bridgehead atoms. The average molecular weight is 318 g/mol. The van der Waals surface area contributed by atoms with Crippen molar-refractivity contribution in [1.82, 2.24) is 4.31 Å². The Morgan fingerprint density at radius 2 is 1.77 bits per heavy atom. The Morgan fingerprint density at radius 3 is 2.45 bits per heavy atom. The Hall–Kier alpha value is -1.85. The van der Waals surface area contributed by atoms with E-state index in [1.165, 1.54) is 24.0 Å². The molecular formula is C17H22N2O2S. The Bertz CT molecular complexity index is 740. The fourth-order valence-electron chi connectivity index (χ4n) is 2.23. The molecule has 0 aliphatic carbocycles. The van der Waals surface area contributed by atoms with Gasteiger partial charge in [0.05, 0.1) is 4.90 Å². The lowest BCUT2D eigenvalue weighted by molar-refractivity contribution is 0.520. The highest BCUT2D eigenvalue weighted by Crippen LogP contribution is 2.18. The van der Waals surface area contributed by atoms with Gasteiger partial charge in [-0.25, -0.2) is 12.7 Å². The number of aryl methyl sites for hydroxylation is 1. The summed E-state index contributed by atoms with van der Waals surface area (Å²) in [6.45, 7) is 2.71. The quantitative estimate of drug-likeness (QED) is 0.890. The lowest BCUT2D eigenvalue weighted by atomic mass is 10.1. The van der Waals surface area contributed by atoms with Crippen LogP contribution in [0.4, 0.5) is 5.69 Å². The van der Waals surface area contributed by atoms with Crippen LogP contribution in [0.1, 0.15) is 18.1 Å². The first-order valence-electron chi connectivity index (χ1n) is 7.28. The zero-order valence-corrected chi connectivity index (χ0v) is 14.0. The maximum Gasteiger partial charge on any atom is 0.242 e. The summed E-state index contributed by atoms with van der Waals surface area (Å²) in [7, 11) is -0.311. The van der Waals surface area contributed by atoms with Gasteiger partial charge in [0.15, 0.2) is 0 Å². The number of anilines is 1. The van der Waals surface area contributed by atoms with Crippen molar-refractivity contribution in [2.75, 3.05) is 19.4 Å². The SMILES string of the molecule is CCc1ccccc1NCc1cccc(S(=O)(=O)N(C)C)c1. The minimum absolute atomic E-state index is 0.320. The van der Waals surface area contributed by atoms with Crippen LogP contribution in [0.15, 0.2) is 53.4 Å². The van der Waals surface area contributed by atoms with Gasteiger partial charge in [0.2, 0.25) is 10.0 Å². The average Bonchev–Trinajstić information content (AvgIpc) is 2.53. The van der Waals surface area contributed by atoms with E-state index in [0.717, 1.165) is 17.7 Å². The molecule has 0 fully saturated rings. The van der Waals surface area contributed by atoms with Crippen LogP contribution in [0.2, 0.25) is 0 Å². The molecule has 5 heteroatoms. The smallest absolute Gasteiger partial charge is 0.242 e. The second-order valence-corrected chi connectivity index (χ2v) is 7.45. The summed E-state index contributed by atoms with van der Waals surface area (Å²) in [5.74, 6) is 0. The van der Waals surface area contributed by atoms with Crippen LogP contribution in [0.5, 0.6) is 0 Å². The molecule has 2 aromatic carbocycles. The molecule has 1 N–H and O–H groups in total. The fourth-order valence-corrected chi connectivity index (χ4v) is 3.20. The minimum Gasteiger partial charge on any atom is -0.381 e. The van der Waals surface area contributed by atoms with E-state index in [1.807, 2.05) is 24.3 Å². The molecule has 0 saturated heterocycles. The molecule has 0 spiro atoms. The van der Waals surface area contributed by atoms with E-state index in [4.69, 9.17) is 0 Å². The number of nitrogens with zero attached hydrogens (tertiary/aromatic N) is 1. The lowest BCUT2D eigenvalue weighted by Gasteiger charge is -2.14. The van der Waals surface area contributed by atoms with E-state index < -0.39 is 10.0 Å². The van der Waals surface area contributed by atoms with Gasteiger partial charge in [0.1, 0.15) is 0 Å². The normalized spacial score (nSPS) is 11.6. The van der Waals surface area contributed by atoms with E-state index in [9.17, 15) is 8.42 Å². The molecule has 22 heavy (non-hydrogen) atoms. The molecule has 2 aromatic rings. The Kier molecular flexibility index (Phi) is 5.21. The van der Waals surface area contributed by atoms with Crippen LogP contribution in [0.3, 0.4) is 0 Å². The third-order valence-electron chi connectivity index (χ3n) is 3.56. The van der Waals surface area contributed by atoms with Gasteiger partial charge in [-0.2, -0.15) is 0 Å². The Morgan fingerprint density at radius 1 is 1.05 bits per heavy atom. The summed E-state index contributed by atoms with van der Waals surface area (Å²) < 4.78 is 25.6. The topological polar surface area (TPSA) is 49.4 Å². The monoisotopic (exact) mass is 318 g/mol. The highest BCUT2D eigenvalue weighted by Gasteiger charge is 2.17. The largest absolute Gasteiger partial charge is 0.381 e. The van der Waals surface area contributed by atoms with Gasteiger partial charge in [0.25, 0.3) is 0 Å². The summed E-state index contributed by atoms with van der Waals surface area (Å²) in [6, 6.07) is 15.2. The number of hydrogen-bond donors (Lipinski definition) is 1. The van der Waals surface area contributed by atoms with Gasteiger partial charge in [-0.05, 0) is 35.7 Å². The highest BCUT2D eigenvalue weighted by molar-refractivity contribution is 7.89. The maximum atomic E-state index is 12.2. The molecule has 0 amide bonds. The standard InChI is InChI=1S/C17H22N2O2S/c1-4-15-9-5-6-11-17(15)18-13-14-8-7-10-16(12-14)22(20,21)19(2)3/h5-12,18H,4,13H2,1-3H3. The highest BCUT2D eigenvalue weighted by atomic mass is 32.2. The molecule has 2 rings (SSSR count). The van der Waals surface area contributed by atoms with Crippen molar-refractivity contribution in [1.29, 1.82) is 0 Å². The first kappa shape index (κ1) is 16.5. The molecule has 0 aliphatic heterocycles. The first-order chi connectivity index (χ1) is 10.4.